The molecule has 1 aromatic rings. The second kappa shape index (κ2) is 5.27. The molecule has 1 aromatic carbocycles. The van der Waals surface area contributed by atoms with Crippen molar-refractivity contribution >= 4 is 5.91 Å². The number of carbonyl (C=O) groups excluding carboxylic acids is 1. The van der Waals surface area contributed by atoms with Crippen LogP contribution >= 0.6 is 0 Å². The van der Waals surface area contributed by atoms with Gasteiger partial charge in [0, 0.05) is 6.04 Å². The summed E-state index contributed by atoms with van der Waals surface area (Å²) in [6, 6.07) is 5.58. The first-order valence-electron chi connectivity index (χ1n) is 6.33. The molecule has 3 atom stereocenters. The van der Waals surface area contributed by atoms with E-state index >= 15 is 0 Å². The van der Waals surface area contributed by atoms with Crippen LogP contribution in [0.2, 0.25) is 0 Å². The van der Waals surface area contributed by atoms with Gasteiger partial charge in [0.25, 0.3) is 0 Å². The number of hydrogen-bond acceptors (Lipinski definition) is 3. The molecular formula is C14H19FN2O2. The zero-order valence-corrected chi connectivity index (χ0v) is 11.2. The fourth-order valence-electron chi connectivity index (χ4n) is 2.12. The first-order chi connectivity index (χ1) is 8.93. The first-order valence-corrected chi connectivity index (χ1v) is 6.33. The largest absolute Gasteiger partial charge is 0.379 e. The van der Waals surface area contributed by atoms with E-state index < -0.39 is 5.41 Å². The van der Waals surface area contributed by atoms with Gasteiger partial charge in [-0.3, -0.25) is 4.79 Å². The van der Waals surface area contributed by atoms with Gasteiger partial charge in [-0.05, 0) is 31.5 Å². The molecule has 0 aromatic heterocycles. The summed E-state index contributed by atoms with van der Waals surface area (Å²) in [6.07, 6.45) is 0. The van der Waals surface area contributed by atoms with Crippen LogP contribution in [0.3, 0.4) is 0 Å². The van der Waals surface area contributed by atoms with E-state index in [1.54, 1.807) is 19.1 Å². The zero-order valence-electron chi connectivity index (χ0n) is 11.2. The van der Waals surface area contributed by atoms with Crippen LogP contribution in [0.4, 0.5) is 4.39 Å². The molecule has 1 aliphatic heterocycles. The number of halogens is 1. The number of ether oxygens (including phenoxy) is 1. The lowest BCUT2D eigenvalue weighted by Gasteiger charge is -2.27. The highest BCUT2D eigenvalue weighted by Gasteiger charge is 2.44. The Balaban J connectivity index is 2.04. The summed E-state index contributed by atoms with van der Waals surface area (Å²) in [6.45, 7) is 4.39. The van der Waals surface area contributed by atoms with E-state index in [-0.39, 0.29) is 23.8 Å². The second-order valence-corrected chi connectivity index (χ2v) is 5.29. The Kier molecular flexibility index (Phi) is 3.87. The predicted octanol–water partition coefficient (Wildman–Crippen LogP) is 1.37. The highest BCUT2D eigenvalue weighted by molar-refractivity contribution is 5.84. The maximum absolute atomic E-state index is 12.9. The van der Waals surface area contributed by atoms with Crippen LogP contribution in [0.15, 0.2) is 24.3 Å². The topological polar surface area (TPSA) is 64.3 Å². The molecule has 2 unspecified atom stereocenters. The predicted molar refractivity (Wildman–Crippen MR) is 69.9 cm³/mol. The number of benzene rings is 1. The number of hydrogen-bond donors (Lipinski definition) is 2. The van der Waals surface area contributed by atoms with Gasteiger partial charge in [-0.2, -0.15) is 0 Å². The Morgan fingerprint density at radius 3 is 2.68 bits per heavy atom. The Hall–Kier alpha value is -1.46. The van der Waals surface area contributed by atoms with E-state index in [9.17, 15) is 9.18 Å². The molecule has 0 saturated carbocycles. The minimum absolute atomic E-state index is 0.130. The van der Waals surface area contributed by atoms with Crippen molar-refractivity contribution in [2.24, 2.45) is 11.1 Å². The summed E-state index contributed by atoms with van der Waals surface area (Å²) in [5.74, 6) is -0.422. The average Bonchev–Trinajstić information content (AvgIpc) is 2.71. The van der Waals surface area contributed by atoms with Crippen molar-refractivity contribution < 1.29 is 13.9 Å². The molecule has 3 N–H and O–H groups in total. The molecule has 0 radical (unpaired) electrons. The van der Waals surface area contributed by atoms with Crippen molar-refractivity contribution in [3.63, 3.8) is 0 Å². The molecule has 2 rings (SSSR count). The quantitative estimate of drug-likeness (QED) is 0.868. The van der Waals surface area contributed by atoms with Crippen LogP contribution in [0, 0.1) is 11.2 Å². The smallest absolute Gasteiger partial charge is 0.230 e. The van der Waals surface area contributed by atoms with Crippen molar-refractivity contribution in [3.8, 4) is 0 Å². The Morgan fingerprint density at radius 2 is 2.16 bits per heavy atom. The number of carbonyl (C=O) groups is 1. The number of rotatable bonds is 3. The van der Waals surface area contributed by atoms with Gasteiger partial charge in [-0.1, -0.05) is 12.1 Å². The Labute approximate surface area is 112 Å². The zero-order chi connectivity index (χ0) is 14.0. The summed E-state index contributed by atoms with van der Waals surface area (Å²) >= 11 is 0. The van der Waals surface area contributed by atoms with Crippen LogP contribution in [-0.4, -0.2) is 25.2 Å². The molecule has 1 heterocycles. The van der Waals surface area contributed by atoms with Crippen molar-refractivity contribution in [2.45, 2.75) is 25.9 Å². The summed E-state index contributed by atoms with van der Waals surface area (Å²) in [5, 5.41) is 2.91. The van der Waals surface area contributed by atoms with Gasteiger partial charge in [-0.25, -0.2) is 4.39 Å². The molecule has 1 fully saturated rings. The highest BCUT2D eigenvalue weighted by atomic mass is 19.1. The molecule has 4 nitrogen and oxygen atoms in total. The summed E-state index contributed by atoms with van der Waals surface area (Å²) < 4.78 is 18.1. The molecule has 0 spiro atoms. The van der Waals surface area contributed by atoms with Crippen molar-refractivity contribution in [3.05, 3.63) is 35.6 Å². The number of nitrogens with one attached hydrogen (secondary N) is 1. The highest BCUT2D eigenvalue weighted by Crippen LogP contribution is 2.28. The van der Waals surface area contributed by atoms with Gasteiger partial charge in [-0.15, -0.1) is 0 Å². The molecule has 0 aliphatic carbocycles. The third-order valence-electron chi connectivity index (χ3n) is 3.75. The molecule has 1 amide bonds. The van der Waals surface area contributed by atoms with E-state index in [0.717, 1.165) is 5.56 Å². The van der Waals surface area contributed by atoms with Crippen LogP contribution < -0.4 is 11.1 Å². The minimum atomic E-state index is -0.700. The number of nitrogens with two attached hydrogens (primary N) is 1. The van der Waals surface area contributed by atoms with Gasteiger partial charge in [0.1, 0.15) is 5.82 Å². The third kappa shape index (κ3) is 2.77. The molecule has 0 bridgehead atoms. The Morgan fingerprint density at radius 1 is 1.53 bits per heavy atom. The summed E-state index contributed by atoms with van der Waals surface area (Å²) in [7, 11) is 0. The van der Waals surface area contributed by atoms with Crippen LogP contribution in [-0.2, 0) is 9.53 Å². The SMILES string of the molecule is C[C@@H](NC(=O)C1(C)COCC1N)c1ccc(F)cc1. The standard InChI is InChI=1S/C14H19FN2O2/c1-9(10-3-5-11(15)6-4-10)17-13(18)14(2)8-19-7-12(14)16/h3-6,9,12H,7-8,16H2,1-2H3,(H,17,18)/t9-,12?,14?/m1/s1. The maximum atomic E-state index is 12.9. The molecule has 104 valence electrons. The lowest BCUT2D eigenvalue weighted by Crippen LogP contribution is -2.50. The Bertz CT molecular complexity index is 463. The second-order valence-electron chi connectivity index (χ2n) is 5.29. The summed E-state index contributed by atoms with van der Waals surface area (Å²) in [4.78, 5) is 12.3. The van der Waals surface area contributed by atoms with Gasteiger partial charge in [0.15, 0.2) is 0 Å². The van der Waals surface area contributed by atoms with Gasteiger partial charge >= 0.3 is 0 Å². The lowest BCUT2D eigenvalue weighted by molar-refractivity contribution is -0.131. The molecule has 1 aliphatic rings. The summed E-state index contributed by atoms with van der Waals surface area (Å²) in [5.41, 5.74) is 6.07. The van der Waals surface area contributed by atoms with Crippen molar-refractivity contribution in [2.75, 3.05) is 13.2 Å². The van der Waals surface area contributed by atoms with Gasteiger partial charge < -0.3 is 15.8 Å². The molecular weight excluding hydrogens is 247 g/mol. The molecule has 19 heavy (non-hydrogen) atoms. The van der Waals surface area contributed by atoms with Crippen molar-refractivity contribution in [1.29, 1.82) is 0 Å². The fraction of sp³-hybridized carbons (Fsp3) is 0.500. The fourth-order valence-corrected chi connectivity index (χ4v) is 2.12. The normalized spacial score (nSPS) is 28.1. The van der Waals surface area contributed by atoms with Gasteiger partial charge in [0.05, 0.1) is 24.7 Å². The van der Waals surface area contributed by atoms with Crippen molar-refractivity contribution in [1.82, 2.24) is 5.32 Å². The molecule has 1 saturated heterocycles. The lowest BCUT2D eigenvalue weighted by atomic mass is 9.84. The van der Waals surface area contributed by atoms with Crippen LogP contribution in [0.25, 0.3) is 0 Å². The van der Waals surface area contributed by atoms with Crippen LogP contribution in [0.1, 0.15) is 25.5 Å². The van der Waals surface area contributed by atoms with E-state index in [1.165, 1.54) is 12.1 Å². The van der Waals surface area contributed by atoms with Crippen LogP contribution in [0.5, 0.6) is 0 Å². The monoisotopic (exact) mass is 266 g/mol. The van der Waals surface area contributed by atoms with E-state index in [0.29, 0.717) is 13.2 Å². The average molecular weight is 266 g/mol. The third-order valence-corrected chi connectivity index (χ3v) is 3.75. The van der Waals surface area contributed by atoms with E-state index in [4.69, 9.17) is 10.5 Å². The first kappa shape index (κ1) is 14.0. The van der Waals surface area contributed by atoms with E-state index in [2.05, 4.69) is 5.32 Å². The van der Waals surface area contributed by atoms with E-state index in [1.807, 2.05) is 6.92 Å². The molecule has 5 heteroatoms. The van der Waals surface area contributed by atoms with Gasteiger partial charge in [0.2, 0.25) is 5.91 Å². The number of amides is 1. The maximum Gasteiger partial charge on any atom is 0.230 e. The minimum Gasteiger partial charge on any atom is -0.379 e.